The molecule has 2 saturated heterocycles. The van der Waals surface area contributed by atoms with E-state index in [1.54, 1.807) is 35.2 Å². The van der Waals surface area contributed by atoms with Gasteiger partial charge in [0.05, 0.1) is 39.7 Å². The number of rotatable bonds is 9. The van der Waals surface area contributed by atoms with E-state index in [2.05, 4.69) is 16.8 Å². The molecular formula is C35H44Cl2N4O9S. The number of amides is 2. The molecule has 2 fully saturated rings. The molecule has 13 nitrogen and oxygen atoms in total. The van der Waals surface area contributed by atoms with Crippen LogP contribution in [-0.2, 0) is 25.2 Å². The van der Waals surface area contributed by atoms with E-state index in [0.29, 0.717) is 48.0 Å². The molecule has 0 saturated carbocycles. The van der Waals surface area contributed by atoms with Crippen molar-refractivity contribution in [1.29, 1.82) is 0 Å². The molecule has 3 aromatic rings. The molecule has 0 aliphatic carbocycles. The first-order chi connectivity index (χ1) is 23.6. The Kier molecular flexibility index (Phi) is 12.6. The Labute approximate surface area is 311 Å². The van der Waals surface area contributed by atoms with Gasteiger partial charge < -0.3 is 33.5 Å². The third kappa shape index (κ3) is 7.12. The number of sulfonamides is 1. The lowest BCUT2D eigenvalue weighted by molar-refractivity contribution is -0.132. The Morgan fingerprint density at radius 3 is 1.98 bits per heavy atom. The second-order valence-electron chi connectivity index (χ2n) is 12.3. The molecule has 0 N–H and O–H groups in total. The van der Waals surface area contributed by atoms with Gasteiger partial charge in [-0.15, -0.1) is 24.8 Å². The van der Waals surface area contributed by atoms with Crippen LogP contribution in [-0.4, -0.2) is 116 Å². The summed E-state index contributed by atoms with van der Waals surface area (Å²) in [6.07, 6.45) is 1.38. The number of hydrogen-bond acceptors (Lipinski definition) is 11. The lowest BCUT2D eigenvalue weighted by Gasteiger charge is -2.42. The van der Waals surface area contributed by atoms with Crippen molar-refractivity contribution < 1.29 is 41.7 Å². The normalized spacial score (nSPS) is 19.7. The van der Waals surface area contributed by atoms with Gasteiger partial charge in [-0.05, 0) is 69.4 Å². The Morgan fingerprint density at radius 2 is 1.35 bits per heavy atom. The van der Waals surface area contributed by atoms with Crippen molar-refractivity contribution >= 4 is 52.5 Å². The summed E-state index contributed by atoms with van der Waals surface area (Å²) in [5.41, 5.74) is -1.99. The molecule has 0 bridgehead atoms. The minimum absolute atomic E-state index is 0. The molecule has 0 spiro atoms. The van der Waals surface area contributed by atoms with E-state index in [-0.39, 0.29) is 58.0 Å². The van der Waals surface area contributed by atoms with Gasteiger partial charge in [-0.2, -0.15) is 4.31 Å². The smallest absolute Gasteiger partial charge is 0.411 e. The van der Waals surface area contributed by atoms with Crippen molar-refractivity contribution in [2.75, 3.05) is 79.1 Å². The van der Waals surface area contributed by atoms with Crippen LogP contribution in [0.2, 0.25) is 0 Å². The van der Waals surface area contributed by atoms with Gasteiger partial charge in [-0.1, -0.05) is 18.2 Å². The third-order valence-corrected chi connectivity index (χ3v) is 11.4. The number of hydrogen-bond donors (Lipinski definition) is 0. The van der Waals surface area contributed by atoms with Gasteiger partial charge in [0.25, 0.3) is 15.9 Å². The number of carbonyl (C=O) groups excluding carboxylic acids is 2. The van der Waals surface area contributed by atoms with Gasteiger partial charge in [0, 0.05) is 43.9 Å². The SMILES string of the molecule is COc1ccc(S(=O)(=O)N2C(=O)C(OC(=O)N3CCN(C4CCN(C)CC4)CC3)(c3ccccc3OC)c3cc(OC)ccc32)c(OC)c1.Cl.Cl. The van der Waals surface area contributed by atoms with E-state index >= 15 is 4.79 Å². The minimum atomic E-state index is -4.66. The summed E-state index contributed by atoms with van der Waals surface area (Å²) in [6.45, 7) is 4.14. The average molecular weight is 768 g/mol. The quantitative estimate of drug-likeness (QED) is 0.308. The highest BCUT2D eigenvalue weighted by Gasteiger charge is 2.61. The van der Waals surface area contributed by atoms with Crippen LogP contribution in [0.1, 0.15) is 24.0 Å². The maximum Gasteiger partial charge on any atom is 0.411 e. The molecule has 3 aliphatic heterocycles. The molecule has 278 valence electrons. The van der Waals surface area contributed by atoms with Gasteiger partial charge in [0.2, 0.25) is 5.60 Å². The number of piperazine rings is 1. The molecule has 2 amide bonds. The maximum atomic E-state index is 15.1. The molecule has 0 aromatic heterocycles. The zero-order valence-corrected chi connectivity index (χ0v) is 31.6. The number of carbonyl (C=O) groups is 2. The summed E-state index contributed by atoms with van der Waals surface area (Å²) in [5.74, 6) is -0.129. The summed E-state index contributed by atoms with van der Waals surface area (Å²) in [6, 6.07) is 15.8. The number of ether oxygens (including phenoxy) is 5. The summed E-state index contributed by atoms with van der Waals surface area (Å²) in [4.78, 5) is 35.3. The highest BCUT2D eigenvalue weighted by atomic mass is 35.5. The maximum absolute atomic E-state index is 15.1. The predicted molar refractivity (Wildman–Crippen MR) is 196 cm³/mol. The van der Waals surface area contributed by atoms with Crippen LogP contribution in [0.5, 0.6) is 23.0 Å². The summed E-state index contributed by atoms with van der Waals surface area (Å²) >= 11 is 0. The molecule has 16 heteroatoms. The van der Waals surface area contributed by atoms with Crippen LogP contribution in [0.4, 0.5) is 10.5 Å². The Bertz CT molecular complexity index is 1830. The number of halogens is 2. The van der Waals surface area contributed by atoms with Crippen molar-refractivity contribution in [1.82, 2.24) is 14.7 Å². The van der Waals surface area contributed by atoms with Crippen molar-refractivity contribution in [3.05, 3.63) is 71.8 Å². The van der Waals surface area contributed by atoms with E-state index in [1.165, 1.54) is 58.8 Å². The van der Waals surface area contributed by atoms with Crippen molar-refractivity contribution in [3.63, 3.8) is 0 Å². The van der Waals surface area contributed by atoms with E-state index in [0.717, 1.165) is 25.9 Å². The molecule has 51 heavy (non-hydrogen) atoms. The van der Waals surface area contributed by atoms with Gasteiger partial charge in [0.1, 0.15) is 27.9 Å². The first-order valence-corrected chi connectivity index (χ1v) is 17.6. The summed E-state index contributed by atoms with van der Waals surface area (Å²) < 4.78 is 58.1. The summed E-state index contributed by atoms with van der Waals surface area (Å²) in [5, 5.41) is 0. The summed E-state index contributed by atoms with van der Waals surface area (Å²) in [7, 11) is 3.11. The topological polar surface area (TPSA) is 127 Å². The second kappa shape index (κ2) is 16.2. The lowest BCUT2D eigenvalue weighted by Crippen LogP contribution is -2.55. The molecule has 3 heterocycles. The average Bonchev–Trinajstić information content (AvgIpc) is 3.38. The number of anilines is 1. The Morgan fingerprint density at radius 1 is 0.745 bits per heavy atom. The first kappa shape index (κ1) is 39.8. The van der Waals surface area contributed by atoms with E-state index < -0.39 is 27.6 Å². The number of piperidine rings is 1. The highest BCUT2D eigenvalue weighted by Crippen LogP contribution is 2.53. The van der Waals surface area contributed by atoms with Gasteiger partial charge in [-0.3, -0.25) is 9.69 Å². The third-order valence-electron chi connectivity index (χ3n) is 9.68. The highest BCUT2D eigenvalue weighted by molar-refractivity contribution is 7.93. The number of para-hydroxylation sites is 1. The van der Waals surface area contributed by atoms with Crippen LogP contribution in [0.3, 0.4) is 0 Å². The van der Waals surface area contributed by atoms with Gasteiger partial charge in [-0.25, -0.2) is 13.2 Å². The molecule has 0 radical (unpaired) electrons. The van der Waals surface area contributed by atoms with Crippen LogP contribution < -0.4 is 23.3 Å². The second-order valence-corrected chi connectivity index (χ2v) is 14.0. The molecule has 3 aliphatic rings. The van der Waals surface area contributed by atoms with Crippen LogP contribution >= 0.6 is 24.8 Å². The molecule has 3 aromatic carbocycles. The minimum Gasteiger partial charge on any atom is -0.497 e. The number of likely N-dealkylation sites (tertiary alicyclic amines) is 1. The van der Waals surface area contributed by atoms with Crippen molar-refractivity contribution in [3.8, 4) is 23.0 Å². The van der Waals surface area contributed by atoms with E-state index in [4.69, 9.17) is 23.7 Å². The number of fused-ring (bicyclic) bond motifs is 1. The van der Waals surface area contributed by atoms with Crippen LogP contribution in [0.15, 0.2) is 65.6 Å². The number of nitrogens with zero attached hydrogens (tertiary/aromatic N) is 4. The van der Waals surface area contributed by atoms with E-state index in [9.17, 15) is 13.2 Å². The molecule has 1 atom stereocenters. The van der Waals surface area contributed by atoms with Crippen LogP contribution in [0, 0.1) is 0 Å². The largest absolute Gasteiger partial charge is 0.497 e. The lowest BCUT2D eigenvalue weighted by atomic mass is 9.86. The van der Waals surface area contributed by atoms with Gasteiger partial charge in [0.15, 0.2) is 0 Å². The van der Waals surface area contributed by atoms with Crippen LogP contribution in [0.25, 0.3) is 0 Å². The number of benzene rings is 3. The van der Waals surface area contributed by atoms with Crippen molar-refractivity contribution in [2.45, 2.75) is 29.4 Å². The monoisotopic (exact) mass is 766 g/mol. The Hall–Kier alpha value is -3.95. The number of methoxy groups -OCH3 is 4. The molecule has 6 rings (SSSR count). The zero-order chi connectivity index (χ0) is 34.9. The predicted octanol–water partition coefficient (Wildman–Crippen LogP) is 4.39. The molecule has 1 unspecified atom stereocenters. The first-order valence-electron chi connectivity index (χ1n) is 16.1. The van der Waals surface area contributed by atoms with Crippen molar-refractivity contribution in [2.24, 2.45) is 0 Å². The fourth-order valence-electron chi connectivity index (χ4n) is 6.97. The zero-order valence-electron chi connectivity index (χ0n) is 29.2. The van der Waals surface area contributed by atoms with E-state index in [1.807, 2.05) is 0 Å². The molecular weight excluding hydrogens is 723 g/mol. The fourth-order valence-corrected chi connectivity index (χ4v) is 8.57. The van der Waals surface area contributed by atoms with Gasteiger partial charge >= 0.3 is 6.09 Å². The standard InChI is InChI=1S/C35H42N4O9S.2ClH/c1-36-16-14-24(15-17-36)37-18-20-38(21-19-37)34(41)48-35(27-8-6-7-9-30(27)46-4)28-22-25(44-2)10-12-29(28)39(33(35)40)49(42,43)32-13-11-26(45-3)23-31(32)47-5;;/h6-13,22-24H,14-21H2,1-5H3;2*1H. The fraction of sp³-hybridized carbons (Fsp3) is 0.429. The Balaban J connectivity index is 0.00000292.